The standard InChI is InChI=1S/C28H32FN3O4/c1-27(2,3)36-26(34)32-10-8-15(9-11-32)35-16-6-7-17-19(12-16)28(4,5)25-23(24(17)33)18-13-20(29)21(30)14-22(18)31-25/h6-7,12-15,31H,8-11,30H2,1-5H3. The van der Waals surface area contributed by atoms with Crippen LogP contribution in [0.1, 0.15) is 74.6 Å². The number of hydrogen-bond donors (Lipinski definition) is 2. The Morgan fingerprint density at radius 2 is 1.86 bits per heavy atom. The van der Waals surface area contributed by atoms with Crippen LogP contribution in [0.25, 0.3) is 10.9 Å². The summed E-state index contributed by atoms with van der Waals surface area (Å²) in [5.74, 6) is -0.00525. The molecule has 1 aromatic heterocycles. The molecule has 8 heteroatoms. The van der Waals surface area contributed by atoms with E-state index in [1.807, 2.05) is 46.8 Å². The molecule has 3 N–H and O–H groups in total. The molecule has 0 radical (unpaired) electrons. The number of amides is 1. The third-order valence-corrected chi connectivity index (χ3v) is 7.07. The number of likely N-dealkylation sites (tertiary alicyclic amines) is 1. The average molecular weight is 494 g/mol. The van der Waals surface area contributed by atoms with Gasteiger partial charge < -0.3 is 25.1 Å². The number of ketones is 1. The van der Waals surface area contributed by atoms with Gasteiger partial charge in [-0.15, -0.1) is 0 Å². The van der Waals surface area contributed by atoms with Gasteiger partial charge >= 0.3 is 6.09 Å². The van der Waals surface area contributed by atoms with Crippen molar-refractivity contribution in [3.05, 3.63) is 58.5 Å². The van der Waals surface area contributed by atoms with Crippen molar-refractivity contribution < 1.29 is 23.5 Å². The first-order chi connectivity index (χ1) is 16.8. The van der Waals surface area contributed by atoms with Crippen LogP contribution in [0.3, 0.4) is 0 Å². The largest absolute Gasteiger partial charge is 0.490 e. The zero-order chi connectivity index (χ0) is 26.0. The van der Waals surface area contributed by atoms with E-state index in [1.165, 1.54) is 12.1 Å². The summed E-state index contributed by atoms with van der Waals surface area (Å²) in [7, 11) is 0. The molecule has 0 atom stereocenters. The number of nitrogens with one attached hydrogen (secondary N) is 1. The Labute approximate surface area is 209 Å². The number of nitrogens with zero attached hydrogens (tertiary/aromatic N) is 1. The van der Waals surface area contributed by atoms with Gasteiger partial charge in [-0.2, -0.15) is 0 Å². The van der Waals surface area contributed by atoms with Crippen molar-refractivity contribution in [2.24, 2.45) is 0 Å². The van der Waals surface area contributed by atoms with Gasteiger partial charge in [0.05, 0.1) is 11.3 Å². The molecule has 1 aliphatic heterocycles. The maximum absolute atomic E-state index is 14.2. The first-order valence-electron chi connectivity index (χ1n) is 12.3. The molecule has 1 fully saturated rings. The van der Waals surface area contributed by atoms with Crippen molar-refractivity contribution in [2.75, 3.05) is 18.8 Å². The first-order valence-corrected chi connectivity index (χ1v) is 12.3. The summed E-state index contributed by atoms with van der Waals surface area (Å²) in [6.07, 6.45) is 1.04. The molecular weight excluding hydrogens is 461 g/mol. The van der Waals surface area contributed by atoms with Crippen molar-refractivity contribution in [1.29, 1.82) is 0 Å². The summed E-state index contributed by atoms with van der Waals surface area (Å²) in [4.78, 5) is 30.9. The molecule has 5 rings (SSSR count). The minimum atomic E-state index is -0.540. The van der Waals surface area contributed by atoms with Gasteiger partial charge in [0.15, 0.2) is 5.78 Å². The Bertz CT molecular complexity index is 1380. The third-order valence-electron chi connectivity index (χ3n) is 7.07. The van der Waals surface area contributed by atoms with Crippen molar-refractivity contribution in [2.45, 2.75) is 64.6 Å². The number of aromatic nitrogens is 1. The van der Waals surface area contributed by atoms with Crippen LogP contribution < -0.4 is 10.5 Å². The second-order valence-electron chi connectivity index (χ2n) is 11.2. The predicted octanol–water partition coefficient (Wildman–Crippen LogP) is 5.54. The number of nitrogen functional groups attached to an aromatic ring is 1. The lowest BCUT2D eigenvalue weighted by atomic mass is 9.71. The number of rotatable bonds is 2. The molecule has 3 aromatic rings. The number of benzene rings is 2. The Kier molecular flexibility index (Phi) is 5.54. The van der Waals surface area contributed by atoms with E-state index in [1.54, 1.807) is 11.0 Å². The molecule has 2 aromatic carbocycles. The van der Waals surface area contributed by atoms with E-state index >= 15 is 0 Å². The molecular formula is C28H32FN3O4. The van der Waals surface area contributed by atoms with Crippen LogP contribution in [0, 0.1) is 5.82 Å². The van der Waals surface area contributed by atoms with E-state index in [-0.39, 0.29) is 23.7 Å². The smallest absolute Gasteiger partial charge is 0.410 e. The van der Waals surface area contributed by atoms with E-state index in [9.17, 15) is 14.0 Å². The van der Waals surface area contributed by atoms with Crippen LogP contribution in [0.15, 0.2) is 30.3 Å². The lowest BCUT2D eigenvalue weighted by Crippen LogP contribution is -2.44. The van der Waals surface area contributed by atoms with E-state index in [4.69, 9.17) is 15.2 Å². The second-order valence-corrected chi connectivity index (χ2v) is 11.2. The number of hydrogen-bond acceptors (Lipinski definition) is 5. The van der Waals surface area contributed by atoms with Crippen LogP contribution in [0.5, 0.6) is 5.75 Å². The van der Waals surface area contributed by atoms with Gasteiger partial charge in [0, 0.05) is 53.5 Å². The number of anilines is 1. The lowest BCUT2D eigenvalue weighted by molar-refractivity contribution is 0.0126. The predicted molar refractivity (Wildman–Crippen MR) is 136 cm³/mol. The van der Waals surface area contributed by atoms with Gasteiger partial charge in [-0.1, -0.05) is 13.8 Å². The Morgan fingerprint density at radius 3 is 2.53 bits per heavy atom. The second kappa shape index (κ2) is 8.25. The van der Waals surface area contributed by atoms with E-state index in [0.29, 0.717) is 53.7 Å². The number of piperidine rings is 1. The van der Waals surface area contributed by atoms with Gasteiger partial charge in [0.1, 0.15) is 23.3 Å². The molecule has 1 aliphatic carbocycles. The lowest BCUT2D eigenvalue weighted by Gasteiger charge is -2.34. The van der Waals surface area contributed by atoms with Crippen molar-refractivity contribution in [3.8, 4) is 5.75 Å². The highest BCUT2D eigenvalue weighted by atomic mass is 19.1. The van der Waals surface area contributed by atoms with Gasteiger partial charge in [-0.05, 0) is 56.7 Å². The summed E-state index contributed by atoms with van der Waals surface area (Å²) in [5, 5.41) is 0.539. The molecule has 1 saturated heterocycles. The highest BCUT2D eigenvalue weighted by molar-refractivity contribution is 6.20. The monoisotopic (exact) mass is 493 g/mol. The number of carbonyl (C=O) groups excluding carboxylic acids is 2. The third kappa shape index (κ3) is 4.08. The van der Waals surface area contributed by atoms with Crippen molar-refractivity contribution >= 4 is 28.5 Å². The minimum absolute atomic E-state index is 0.0391. The quantitative estimate of drug-likeness (QED) is 0.457. The summed E-state index contributed by atoms with van der Waals surface area (Å²) in [5.41, 5.74) is 8.04. The molecule has 0 bridgehead atoms. The van der Waals surface area contributed by atoms with Gasteiger partial charge in [-0.3, -0.25) is 4.79 Å². The number of aromatic amines is 1. The first kappa shape index (κ1) is 24.2. The summed E-state index contributed by atoms with van der Waals surface area (Å²) in [6, 6.07) is 8.40. The summed E-state index contributed by atoms with van der Waals surface area (Å²) < 4.78 is 26.0. The van der Waals surface area contributed by atoms with E-state index in [0.717, 1.165) is 11.3 Å². The van der Waals surface area contributed by atoms with E-state index in [2.05, 4.69) is 4.98 Å². The fraction of sp³-hybridized carbons (Fsp3) is 0.429. The summed E-state index contributed by atoms with van der Waals surface area (Å²) in [6.45, 7) is 10.8. The number of halogens is 1. The van der Waals surface area contributed by atoms with Crippen LogP contribution in [-0.2, 0) is 10.2 Å². The van der Waals surface area contributed by atoms with Crippen LogP contribution >= 0.6 is 0 Å². The average Bonchev–Trinajstić information content (AvgIpc) is 3.17. The van der Waals surface area contributed by atoms with Gasteiger partial charge in [0.2, 0.25) is 0 Å². The van der Waals surface area contributed by atoms with Crippen molar-refractivity contribution in [3.63, 3.8) is 0 Å². The Morgan fingerprint density at radius 1 is 1.17 bits per heavy atom. The molecule has 190 valence electrons. The maximum atomic E-state index is 14.2. The number of ether oxygens (including phenoxy) is 2. The van der Waals surface area contributed by atoms with Gasteiger partial charge in [0.25, 0.3) is 0 Å². The Hall–Kier alpha value is -3.55. The molecule has 0 unspecified atom stereocenters. The number of nitrogens with two attached hydrogens (primary N) is 1. The molecule has 36 heavy (non-hydrogen) atoms. The topological polar surface area (TPSA) is 97.7 Å². The zero-order valence-electron chi connectivity index (χ0n) is 21.3. The highest BCUT2D eigenvalue weighted by Gasteiger charge is 2.40. The highest BCUT2D eigenvalue weighted by Crippen LogP contribution is 2.45. The molecule has 1 amide bonds. The molecule has 0 saturated carbocycles. The fourth-order valence-electron chi connectivity index (χ4n) is 5.19. The van der Waals surface area contributed by atoms with Crippen LogP contribution in [-0.4, -0.2) is 46.6 Å². The number of fused-ring (bicyclic) bond motifs is 4. The minimum Gasteiger partial charge on any atom is -0.490 e. The number of H-pyrrole nitrogens is 1. The van der Waals surface area contributed by atoms with Crippen LogP contribution in [0.2, 0.25) is 0 Å². The fourth-order valence-corrected chi connectivity index (χ4v) is 5.19. The van der Waals surface area contributed by atoms with E-state index < -0.39 is 16.8 Å². The summed E-state index contributed by atoms with van der Waals surface area (Å²) >= 11 is 0. The molecule has 7 nitrogen and oxygen atoms in total. The Balaban J connectivity index is 1.37. The molecule has 0 spiro atoms. The molecule has 2 aliphatic rings. The molecule has 2 heterocycles. The zero-order valence-corrected chi connectivity index (χ0v) is 21.3. The SMILES string of the molecule is CC(C)(C)OC(=O)N1CCC(Oc2ccc3c(c2)C(C)(C)c2[nH]c4cc(N)c(F)cc4c2C3=O)CC1. The normalized spacial score (nSPS) is 17.6. The van der Waals surface area contributed by atoms with Gasteiger partial charge in [-0.25, -0.2) is 9.18 Å². The number of carbonyl (C=O) groups is 2. The maximum Gasteiger partial charge on any atom is 0.410 e. The van der Waals surface area contributed by atoms with Crippen molar-refractivity contribution in [1.82, 2.24) is 9.88 Å². The van der Waals surface area contributed by atoms with Crippen LogP contribution in [0.4, 0.5) is 14.9 Å².